The van der Waals surface area contributed by atoms with E-state index in [0.717, 1.165) is 19.3 Å². The summed E-state index contributed by atoms with van der Waals surface area (Å²) in [5.41, 5.74) is 0.447. The Morgan fingerprint density at radius 2 is 1.77 bits per heavy atom. The molecule has 2 atom stereocenters. The molecule has 166 valence electrons. The first-order valence-corrected chi connectivity index (χ1v) is 12.0. The molecule has 1 aromatic rings. The average molecular weight is 442 g/mol. The van der Waals surface area contributed by atoms with E-state index in [4.69, 9.17) is 4.74 Å². The van der Waals surface area contributed by atoms with Gasteiger partial charge in [0.1, 0.15) is 11.9 Å². The first-order valence-electron chi connectivity index (χ1n) is 10.2. The Morgan fingerprint density at radius 3 is 2.40 bits per heavy atom. The molecule has 1 saturated carbocycles. The van der Waals surface area contributed by atoms with Crippen molar-refractivity contribution in [2.45, 2.75) is 50.7 Å². The lowest BCUT2D eigenvalue weighted by atomic mass is 9.91. The van der Waals surface area contributed by atoms with Gasteiger partial charge in [0.15, 0.2) is 0 Å². The first-order chi connectivity index (χ1) is 14.2. The summed E-state index contributed by atoms with van der Waals surface area (Å²) in [6, 6.07) is 5.33. The predicted molar refractivity (Wildman–Crippen MR) is 110 cm³/mol. The highest BCUT2D eigenvalue weighted by molar-refractivity contribution is 7.88. The summed E-state index contributed by atoms with van der Waals surface area (Å²) >= 11 is 0. The number of hydrogen-bond acceptors (Lipinski definition) is 5. The van der Waals surface area contributed by atoms with Crippen molar-refractivity contribution in [2.24, 2.45) is 5.92 Å². The maximum absolute atomic E-state index is 12.9. The second kappa shape index (κ2) is 9.74. The van der Waals surface area contributed by atoms with E-state index in [1.54, 1.807) is 0 Å². The number of nitrogens with zero attached hydrogens (tertiary/aromatic N) is 1. The van der Waals surface area contributed by atoms with E-state index in [1.807, 2.05) is 0 Å². The van der Waals surface area contributed by atoms with E-state index >= 15 is 0 Å². The third kappa shape index (κ3) is 6.40. The van der Waals surface area contributed by atoms with Gasteiger partial charge in [-0.2, -0.15) is 0 Å². The van der Waals surface area contributed by atoms with Gasteiger partial charge in [-0.3, -0.25) is 10.1 Å². The Bertz CT molecular complexity index is 854. The third-order valence-corrected chi connectivity index (χ3v) is 6.93. The fourth-order valence-corrected chi connectivity index (χ4v) is 4.86. The predicted octanol–water partition coefficient (Wildman–Crippen LogP) is 2.47. The van der Waals surface area contributed by atoms with Crippen molar-refractivity contribution < 1.29 is 27.1 Å². The van der Waals surface area contributed by atoms with Crippen molar-refractivity contribution in [3.05, 3.63) is 30.1 Å². The maximum Gasteiger partial charge on any atom is 0.411 e. The van der Waals surface area contributed by atoms with E-state index in [0.29, 0.717) is 38.0 Å². The van der Waals surface area contributed by atoms with Crippen LogP contribution in [0.15, 0.2) is 24.3 Å². The normalized spacial score (nSPS) is 23.5. The first kappa shape index (κ1) is 22.5. The summed E-state index contributed by atoms with van der Waals surface area (Å²) in [6.07, 6.45) is 4.17. The van der Waals surface area contributed by atoms with Crippen LogP contribution in [0, 0.1) is 11.7 Å². The van der Waals surface area contributed by atoms with Crippen LogP contribution in [-0.4, -0.2) is 56.2 Å². The zero-order chi connectivity index (χ0) is 21.7. The molecule has 0 spiro atoms. The molecule has 0 aromatic heterocycles. The molecule has 10 heteroatoms. The summed E-state index contributed by atoms with van der Waals surface area (Å²) in [5.74, 6) is -0.655. The van der Waals surface area contributed by atoms with Gasteiger partial charge in [0, 0.05) is 37.2 Å². The van der Waals surface area contributed by atoms with Crippen LogP contribution >= 0.6 is 0 Å². The number of carbonyl (C=O) groups is 2. The summed E-state index contributed by atoms with van der Waals surface area (Å²) in [6.45, 7) is 0.716. The van der Waals surface area contributed by atoms with Gasteiger partial charge < -0.3 is 10.1 Å². The lowest BCUT2D eigenvalue weighted by Crippen LogP contribution is -2.47. The number of nitrogens with one attached hydrogen (secondary N) is 2. The van der Waals surface area contributed by atoms with Crippen LogP contribution in [0.2, 0.25) is 0 Å². The molecule has 3 rings (SSSR count). The lowest BCUT2D eigenvalue weighted by molar-refractivity contribution is -0.127. The molecule has 0 bridgehead atoms. The van der Waals surface area contributed by atoms with Crippen molar-refractivity contribution in [3.8, 4) is 0 Å². The van der Waals surface area contributed by atoms with Crippen molar-refractivity contribution in [2.75, 3.05) is 24.7 Å². The van der Waals surface area contributed by atoms with Gasteiger partial charge in [0.05, 0.1) is 6.26 Å². The van der Waals surface area contributed by atoms with Gasteiger partial charge in [0.2, 0.25) is 15.9 Å². The summed E-state index contributed by atoms with van der Waals surface area (Å²) in [7, 11) is -3.22. The van der Waals surface area contributed by atoms with Crippen LogP contribution in [0.1, 0.15) is 38.5 Å². The Balaban J connectivity index is 1.43. The van der Waals surface area contributed by atoms with E-state index in [-0.39, 0.29) is 29.8 Å². The van der Waals surface area contributed by atoms with Gasteiger partial charge in [-0.05, 0) is 56.4 Å². The number of halogens is 1. The minimum atomic E-state index is -3.22. The highest BCUT2D eigenvalue weighted by atomic mass is 32.2. The molecular weight excluding hydrogens is 413 g/mol. The molecule has 2 fully saturated rings. The number of hydrogen-bond donors (Lipinski definition) is 2. The molecule has 8 nitrogen and oxygen atoms in total. The minimum absolute atomic E-state index is 0.0652. The Morgan fingerprint density at radius 1 is 1.10 bits per heavy atom. The zero-order valence-electron chi connectivity index (χ0n) is 17.0. The van der Waals surface area contributed by atoms with Gasteiger partial charge >= 0.3 is 6.09 Å². The van der Waals surface area contributed by atoms with Crippen molar-refractivity contribution in [1.29, 1.82) is 0 Å². The molecule has 2 aliphatic rings. The molecule has 1 heterocycles. The molecule has 0 radical (unpaired) electrons. The zero-order valence-corrected chi connectivity index (χ0v) is 17.8. The Labute approximate surface area is 176 Å². The highest BCUT2D eigenvalue weighted by Crippen LogP contribution is 2.24. The fraction of sp³-hybridized carbons (Fsp3) is 0.600. The van der Waals surface area contributed by atoms with Crippen LogP contribution in [0.5, 0.6) is 0 Å². The Hall–Kier alpha value is -2.20. The fourth-order valence-electron chi connectivity index (χ4n) is 3.98. The van der Waals surface area contributed by atoms with E-state index in [2.05, 4.69) is 10.6 Å². The molecule has 0 unspecified atom stereocenters. The van der Waals surface area contributed by atoms with Gasteiger partial charge in [-0.25, -0.2) is 21.9 Å². The number of piperidine rings is 1. The van der Waals surface area contributed by atoms with Crippen LogP contribution in [0.4, 0.5) is 14.9 Å². The molecule has 30 heavy (non-hydrogen) atoms. The molecule has 1 saturated heterocycles. The molecule has 1 aliphatic carbocycles. The summed E-state index contributed by atoms with van der Waals surface area (Å²) in [5, 5.41) is 5.61. The number of benzene rings is 1. The van der Waals surface area contributed by atoms with Crippen molar-refractivity contribution >= 4 is 27.7 Å². The minimum Gasteiger partial charge on any atom is -0.446 e. The van der Waals surface area contributed by atoms with Crippen molar-refractivity contribution in [3.63, 3.8) is 0 Å². The van der Waals surface area contributed by atoms with Crippen molar-refractivity contribution in [1.82, 2.24) is 9.62 Å². The van der Waals surface area contributed by atoms with Gasteiger partial charge in [-0.1, -0.05) is 0 Å². The monoisotopic (exact) mass is 441 g/mol. The number of carbonyl (C=O) groups excluding carboxylic acids is 2. The average Bonchev–Trinajstić information content (AvgIpc) is 2.69. The number of ether oxygens (including phenoxy) is 1. The molecule has 2 amide bonds. The standard InChI is InChI=1S/C20H28FN3O5S/c1-30(27,28)24-11-9-14(10-12-24)19(25)22-17-3-2-4-18(13-17)29-20(26)23-16-7-5-15(21)6-8-16/h5-8,14,17-18H,2-4,9-13H2,1H3,(H,22,25)(H,23,26)/t17-,18+/m1/s1. The van der Waals surface area contributed by atoms with Crippen LogP contribution in [0.3, 0.4) is 0 Å². The lowest BCUT2D eigenvalue weighted by Gasteiger charge is -2.33. The van der Waals surface area contributed by atoms with Gasteiger partial charge in [-0.15, -0.1) is 0 Å². The Kier molecular flexibility index (Phi) is 7.30. The molecule has 2 N–H and O–H groups in total. The third-order valence-electron chi connectivity index (χ3n) is 5.63. The second-order valence-corrected chi connectivity index (χ2v) is 9.95. The maximum atomic E-state index is 12.9. The van der Waals surface area contributed by atoms with E-state index in [9.17, 15) is 22.4 Å². The summed E-state index contributed by atoms with van der Waals surface area (Å²) < 4.78 is 43.0. The molecule has 1 aromatic carbocycles. The van der Waals surface area contributed by atoms with Crippen LogP contribution in [0.25, 0.3) is 0 Å². The van der Waals surface area contributed by atoms with Crippen LogP contribution in [-0.2, 0) is 19.6 Å². The highest BCUT2D eigenvalue weighted by Gasteiger charge is 2.31. The van der Waals surface area contributed by atoms with E-state index in [1.165, 1.54) is 34.8 Å². The number of amides is 2. The second-order valence-electron chi connectivity index (χ2n) is 7.97. The SMILES string of the molecule is CS(=O)(=O)N1CCC(C(=O)N[C@@H]2CCC[C@H](OC(=O)Nc3ccc(F)cc3)C2)CC1. The van der Waals surface area contributed by atoms with Gasteiger partial charge in [0.25, 0.3) is 0 Å². The molecule has 1 aliphatic heterocycles. The quantitative estimate of drug-likeness (QED) is 0.730. The van der Waals surface area contributed by atoms with Crippen LogP contribution < -0.4 is 10.6 Å². The molecular formula is C20H28FN3O5S. The summed E-state index contributed by atoms with van der Waals surface area (Å²) in [4.78, 5) is 24.7. The van der Waals surface area contributed by atoms with E-state index < -0.39 is 16.1 Å². The number of anilines is 1. The number of rotatable bonds is 5. The number of sulfonamides is 1. The topological polar surface area (TPSA) is 105 Å². The largest absolute Gasteiger partial charge is 0.446 e. The smallest absolute Gasteiger partial charge is 0.411 e.